The van der Waals surface area contributed by atoms with Gasteiger partial charge < -0.3 is 10.7 Å². The molecular weight excluding hydrogens is 553 g/mol. The number of nitrogens with zero attached hydrogens (tertiary/aromatic N) is 1. The van der Waals surface area contributed by atoms with Crippen LogP contribution in [0, 0.1) is 18.3 Å². The summed E-state index contributed by atoms with van der Waals surface area (Å²) in [5.74, 6) is 0.285. The van der Waals surface area contributed by atoms with Crippen LogP contribution in [0.15, 0.2) is 78.9 Å². The molecule has 1 aliphatic carbocycles. The van der Waals surface area contributed by atoms with Crippen molar-refractivity contribution in [1.29, 1.82) is 5.41 Å². The summed E-state index contributed by atoms with van der Waals surface area (Å²) in [6, 6.07) is 27.9. The second-order valence-electron chi connectivity index (χ2n) is 11.2. The Balaban J connectivity index is 1.29. The number of nitrogens with one attached hydrogen (secondary N) is 2. The molecule has 3 nitrogen and oxygen atoms in total. The Morgan fingerprint density at radius 1 is 0.850 bits per heavy atom. The standard InChI is InChI=1S/C34H35Cl2N3S/c1-22-2-14-30(40-22)21-39-18-16-25(17-19-39)34(37)31-20-26(7-15-32(31)38-29-12-13-29)33(23-3-8-27(35)9-4-23)24-5-10-28(36)11-6-24/h2-11,14-15,20,25,29,33,37-38H,12-13,16-19,21H2,1H3. The first-order valence-electron chi connectivity index (χ1n) is 14.2. The summed E-state index contributed by atoms with van der Waals surface area (Å²) >= 11 is 14.4. The number of piperidine rings is 1. The van der Waals surface area contributed by atoms with Gasteiger partial charge in [-0.1, -0.05) is 53.5 Å². The fourth-order valence-electron chi connectivity index (χ4n) is 5.82. The van der Waals surface area contributed by atoms with Gasteiger partial charge in [0.25, 0.3) is 0 Å². The van der Waals surface area contributed by atoms with Crippen molar-refractivity contribution in [3.05, 3.63) is 121 Å². The maximum Gasteiger partial charge on any atom is 0.0438 e. The van der Waals surface area contributed by atoms with Gasteiger partial charge in [0.15, 0.2) is 0 Å². The molecule has 6 heteroatoms. The Labute approximate surface area is 251 Å². The highest BCUT2D eigenvalue weighted by molar-refractivity contribution is 7.11. The minimum absolute atomic E-state index is 0.0205. The van der Waals surface area contributed by atoms with Crippen LogP contribution >= 0.6 is 34.5 Å². The fraction of sp³-hybridized carbons (Fsp3) is 0.324. The summed E-state index contributed by atoms with van der Waals surface area (Å²) in [4.78, 5) is 5.36. The van der Waals surface area contributed by atoms with E-state index in [0.717, 1.165) is 59.5 Å². The van der Waals surface area contributed by atoms with Crippen LogP contribution in [0.2, 0.25) is 10.0 Å². The third kappa shape index (κ3) is 6.47. The molecule has 1 saturated heterocycles. The van der Waals surface area contributed by atoms with E-state index in [4.69, 9.17) is 23.2 Å². The van der Waals surface area contributed by atoms with Crippen LogP contribution in [0.25, 0.3) is 0 Å². The molecule has 2 aliphatic rings. The van der Waals surface area contributed by atoms with Crippen molar-refractivity contribution in [2.45, 2.75) is 51.1 Å². The molecule has 0 unspecified atom stereocenters. The third-order valence-corrected chi connectivity index (χ3v) is 9.67. The van der Waals surface area contributed by atoms with E-state index in [1.807, 2.05) is 35.6 Å². The lowest BCUT2D eigenvalue weighted by molar-refractivity contribution is 0.203. The predicted octanol–water partition coefficient (Wildman–Crippen LogP) is 9.40. The highest BCUT2D eigenvalue weighted by Gasteiger charge is 2.28. The Kier molecular flexibility index (Phi) is 8.32. The van der Waals surface area contributed by atoms with Crippen LogP contribution in [0.5, 0.6) is 0 Å². The lowest BCUT2D eigenvalue weighted by atomic mass is 9.82. The molecule has 0 bridgehead atoms. The van der Waals surface area contributed by atoms with Gasteiger partial charge >= 0.3 is 0 Å². The molecule has 1 aromatic heterocycles. The Hall–Kier alpha value is -2.63. The van der Waals surface area contributed by atoms with Crippen molar-refractivity contribution >= 4 is 45.9 Å². The van der Waals surface area contributed by atoms with Gasteiger partial charge in [0.05, 0.1) is 0 Å². The Bertz CT molecular complexity index is 1420. The van der Waals surface area contributed by atoms with Gasteiger partial charge in [0.2, 0.25) is 0 Å². The van der Waals surface area contributed by atoms with Crippen LogP contribution in [0.1, 0.15) is 63.6 Å². The van der Waals surface area contributed by atoms with Crippen LogP contribution in [0.3, 0.4) is 0 Å². The number of benzene rings is 3. The maximum atomic E-state index is 9.43. The summed E-state index contributed by atoms with van der Waals surface area (Å²) in [5.41, 5.74) is 6.43. The largest absolute Gasteiger partial charge is 0.382 e. The SMILES string of the molecule is Cc1ccc(CN2CCC(C(=N)c3cc(C(c4ccc(Cl)cc4)c4ccc(Cl)cc4)ccc3NC3CC3)CC2)s1. The van der Waals surface area contributed by atoms with E-state index in [1.165, 1.54) is 39.3 Å². The number of likely N-dealkylation sites (tertiary alicyclic amines) is 1. The Morgan fingerprint density at radius 3 is 2.00 bits per heavy atom. The molecule has 40 heavy (non-hydrogen) atoms. The van der Waals surface area contributed by atoms with E-state index in [1.54, 1.807) is 0 Å². The first-order chi connectivity index (χ1) is 19.4. The number of anilines is 1. The molecule has 2 fully saturated rings. The molecule has 0 spiro atoms. The second-order valence-corrected chi connectivity index (χ2v) is 13.5. The number of aryl methyl sites for hydroxylation is 1. The number of thiophene rings is 1. The first-order valence-corrected chi connectivity index (χ1v) is 15.8. The molecular formula is C34H35Cl2N3S. The maximum absolute atomic E-state index is 9.43. The van der Waals surface area contributed by atoms with Gasteiger partial charge in [0.1, 0.15) is 0 Å². The minimum Gasteiger partial charge on any atom is -0.382 e. The van der Waals surface area contributed by atoms with Crippen LogP contribution in [0.4, 0.5) is 5.69 Å². The lowest BCUT2D eigenvalue weighted by Crippen LogP contribution is -2.36. The Morgan fingerprint density at radius 2 is 1.45 bits per heavy atom. The number of rotatable bonds is 9. The zero-order valence-electron chi connectivity index (χ0n) is 22.8. The predicted molar refractivity (Wildman–Crippen MR) is 171 cm³/mol. The fourth-order valence-corrected chi connectivity index (χ4v) is 7.00. The van der Waals surface area contributed by atoms with Crippen LogP contribution in [-0.4, -0.2) is 29.7 Å². The van der Waals surface area contributed by atoms with Gasteiger partial charge in [-0.25, -0.2) is 0 Å². The van der Waals surface area contributed by atoms with E-state index in [2.05, 4.69) is 71.7 Å². The summed E-state index contributed by atoms with van der Waals surface area (Å²) in [6.45, 7) is 5.26. The molecule has 2 N–H and O–H groups in total. The highest BCUT2D eigenvalue weighted by atomic mass is 35.5. The molecule has 1 aliphatic heterocycles. The van der Waals surface area contributed by atoms with Gasteiger partial charge in [0, 0.05) is 61.2 Å². The molecule has 0 atom stereocenters. The molecule has 1 saturated carbocycles. The molecule has 0 radical (unpaired) electrons. The van der Waals surface area contributed by atoms with Crippen molar-refractivity contribution in [3.8, 4) is 0 Å². The van der Waals surface area contributed by atoms with Crippen LogP contribution in [-0.2, 0) is 6.54 Å². The average molecular weight is 589 g/mol. The summed E-state index contributed by atoms with van der Waals surface area (Å²) < 4.78 is 0. The lowest BCUT2D eigenvalue weighted by Gasteiger charge is -2.32. The molecule has 2 heterocycles. The normalized spacial score (nSPS) is 16.4. The average Bonchev–Trinajstić information content (AvgIpc) is 3.69. The van der Waals surface area contributed by atoms with Crippen molar-refractivity contribution < 1.29 is 0 Å². The van der Waals surface area contributed by atoms with Crippen molar-refractivity contribution in [2.24, 2.45) is 5.92 Å². The number of halogens is 2. The number of hydrogen-bond donors (Lipinski definition) is 2. The quantitative estimate of drug-likeness (QED) is 0.151. The van der Waals surface area contributed by atoms with E-state index in [9.17, 15) is 5.41 Å². The van der Waals surface area contributed by atoms with E-state index >= 15 is 0 Å². The minimum atomic E-state index is 0.0205. The molecule has 3 aromatic carbocycles. The monoisotopic (exact) mass is 587 g/mol. The van der Waals surface area contributed by atoms with Crippen molar-refractivity contribution in [2.75, 3.05) is 18.4 Å². The van der Waals surface area contributed by atoms with Crippen molar-refractivity contribution in [3.63, 3.8) is 0 Å². The molecule has 4 aromatic rings. The third-order valence-electron chi connectivity index (χ3n) is 8.18. The molecule has 206 valence electrons. The van der Waals surface area contributed by atoms with Gasteiger partial charge in [-0.15, -0.1) is 11.3 Å². The smallest absolute Gasteiger partial charge is 0.0438 e. The van der Waals surface area contributed by atoms with Crippen molar-refractivity contribution in [1.82, 2.24) is 4.90 Å². The second kappa shape index (κ2) is 12.1. The zero-order chi connectivity index (χ0) is 27.6. The van der Waals surface area contributed by atoms with Gasteiger partial charge in [-0.05, 0) is 111 Å². The first kappa shape index (κ1) is 27.5. The highest BCUT2D eigenvalue weighted by Crippen LogP contribution is 2.37. The molecule has 0 amide bonds. The zero-order valence-corrected chi connectivity index (χ0v) is 25.1. The van der Waals surface area contributed by atoms with Crippen LogP contribution < -0.4 is 5.32 Å². The van der Waals surface area contributed by atoms with E-state index in [-0.39, 0.29) is 11.8 Å². The van der Waals surface area contributed by atoms with Gasteiger partial charge in [-0.3, -0.25) is 4.90 Å². The summed E-state index contributed by atoms with van der Waals surface area (Å²) in [5, 5.41) is 14.6. The summed E-state index contributed by atoms with van der Waals surface area (Å²) in [7, 11) is 0. The van der Waals surface area contributed by atoms with Gasteiger partial charge in [-0.2, -0.15) is 0 Å². The number of hydrogen-bond acceptors (Lipinski definition) is 4. The molecule has 6 rings (SSSR count). The summed E-state index contributed by atoms with van der Waals surface area (Å²) in [6.07, 6.45) is 4.45. The topological polar surface area (TPSA) is 39.1 Å². The van der Waals surface area contributed by atoms with E-state index < -0.39 is 0 Å². The van der Waals surface area contributed by atoms with E-state index in [0.29, 0.717) is 6.04 Å².